The zero-order valence-electron chi connectivity index (χ0n) is 21.5. The summed E-state index contributed by atoms with van der Waals surface area (Å²) < 4.78 is 0. The van der Waals surface area contributed by atoms with Gasteiger partial charge in [-0.05, 0) is 44.8 Å². The molecular formula is C32H34N4O2. The predicted molar refractivity (Wildman–Crippen MR) is 154 cm³/mol. The van der Waals surface area contributed by atoms with Gasteiger partial charge in [0.15, 0.2) is 0 Å². The highest BCUT2D eigenvalue weighted by Crippen LogP contribution is 2.16. The van der Waals surface area contributed by atoms with Crippen molar-refractivity contribution in [2.75, 3.05) is 26.2 Å². The summed E-state index contributed by atoms with van der Waals surface area (Å²) in [7, 11) is 0. The number of hydrogen-bond acceptors (Lipinski definition) is 4. The third-order valence-corrected chi connectivity index (χ3v) is 6.44. The molecule has 0 bridgehead atoms. The molecule has 0 atom stereocenters. The molecule has 4 aromatic rings. The molecule has 0 aliphatic heterocycles. The summed E-state index contributed by atoms with van der Waals surface area (Å²) >= 11 is 0. The third-order valence-electron chi connectivity index (χ3n) is 6.44. The Balaban J connectivity index is 1.13. The molecule has 38 heavy (non-hydrogen) atoms. The monoisotopic (exact) mass is 506 g/mol. The smallest absolute Gasteiger partial charge is 0.233 e. The van der Waals surface area contributed by atoms with Gasteiger partial charge in [-0.1, -0.05) is 72.8 Å². The van der Waals surface area contributed by atoms with E-state index in [1.807, 2.05) is 24.3 Å². The average molecular weight is 507 g/mol. The van der Waals surface area contributed by atoms with Gasteiger partial charge in [-0.2, -0.15) is 0 Å². The van der Waals surface area contributed by atoms with E-state index in [1.165, 1.54) is 32.7 Å². The Hall–Kier alpha value is -4.18. The van der Waals surface area contributed by atoms with Crippen molar-refractivity contribution >= 4 is 33.4 Å². The van der Waals surface area contributed by atoms with Crippen molar-refractivity contribution in [3.05, 3.63) is 96.1 Å². The van der Waals surface area contributed by atoms with Crippen LogP contribution in [-0.2, 0) is 22.7 Å². The van der Waals surface area contributed by atoms with Crippen LogP contribution in [0.4, 0.5) is 0 Å². The predicted octanol–water partition coefficient (Wildman–Crippen LogP) is 3.74. The van der Waals surface area contributed by atoms with E-state index in [0.29, 0.717) is 39.3 Å². The quantitative estimate of drug-likeness (QED) is 0.127. The second-order valence-electron chi connectivity index (χ2n) is 9.26. The maximum absolute atomic E-state index is 12.6. The molecule has 0 saturated heterocycles. The molecule has 0 saturated carbocycles. The number of hydrogen-bond donors (Lipinski definition) is 4. The first-order chi connectivity index (χ1) is 18.6. The van der Waals surface area contributed by atoms with Crippen LogP contribution in [0.5, 0.6) is 0 Å². The van der Waals surface area contributed by atoms with Crippen molar-refractivity contribution in [1.82, 2.24) is 21.3 Å². The van der Waals surface area contributed by atoms with Gasteiger partial charge >= 0.3 is 0 Å². The van der Waals surface area contributed by atoms with Gasteiger partial charge in [0.2, 0.25) is 11.8 Å². The van der Waals surface area contributed by atoms with Gasteiger partial charge in [-0.3, -0.25) is 9.59 Å². The number of nitrogens with one attached hydrogen (secondary N) is 4. The lowest BCUT2D eigenvalue weighted by Gasteiger charge is -2.15. The minimum atomic E-state index is -0.902. The van der Waals surface area contributed by atoms with E-state index in [1.54, 1.807) is 0 Å². The number of rotatable bonds is 13. The minimum Gasteiger partial charge on any atom is -0.354 e. The zero-order chi connectivity index (χ0) is 26.6. The van der Waals surface area contributed by atoms with Crippen molar-refractivity contribution in [1.29, 1.82) is 0 Å². The van der Waals surface area contributed by atoms with Crippen molar-refractivity contribution in [3.8, 4) is 12.3 Å². The molecule has 0 radical (unpaired) electrons. The lowest BCUT2D eigenvalue weighted by Crippen LogP contribution is -2.44. The molecule has 194 valence electrons. The van der Waals surface area contributed by atoms with Crippen molar-refractivity contribution in [2.24, 2.45) is 5.92 Å². The number of amides is 2. The summed E-state index contributed by atoms with van der Waals surface area (Å²) in [6, 6.07) is 29.2. The van der Waals surface area contributed by atoms with E-state index in [9.17, 15) is 9.59 Å². The Morgan fingerprint density at radius 2 is 1.08 bits per heavy atom. The van der Waals surface area contributed by atoms with Gasteiger partial charge in [0.1, 0.15) is 5.92 Å². The molecule has 2 amide bonds. The van der Waals surface area contributed by atoms with E-state index in [2.05, 4.69) is 87.9 Å². The molecule has 0 aromatic heterocycles. The largest absolute Gasteiger partial charge is 0.354 e. The number of terminal acetylenes is 1. The van der Waals surface area contributed by atoms with Gasteiger partial charge in [0.05, 0.1) is 0 Å². The van der Waals surface area contributed by atoms with Gasteiger partial charge in [0, 0.05) is 45.7 Å². The van der Waals surface area contributed by atoms with Crippen LogP contribution in [-0.4, -0.2) is 38.0 Å². The Bertz CT molecular complexity index is 1320. The van der Waals surface area contributed by atoms with Crippen molar-refractivity contribution < 1.29 is 9.59 Å². The summed E-state index contributed by atoms with van der Waals surface area (Å²) in [5, 5.41) is 17.1. The molecule has 0 unspecified atom stereocenters. The number of fused-ring (bicyclic) bond motifs is 2. The van der Waals surface area contributed by atoms with Crippen LogP contribution in [0, 0.1) is 18.3 Å². The maximum Gasteiger partial charge on any atom is 0.233 e. The molecule has 6 heteroatoms. The zero-order valence-corrected chi connectivity index (χ0v) is 21.5. The fraction of sp³-hybridized carbons (Fsp3) is 0.250. The normalized spacial score (nSPS) is 10.9. The standard InChI is InChI=1S/C32H34N4O2/c1-2-7-30(31(37)35-18-16-33-22-24-12-14-26-8-3-5-10-28(26)20-24)32(38)36-19-17-34-23-25-13-15-27-9-4-6-11-29(27)21-25/h1,3-6,8-15,20-21,30,33-34H,7,16-19,22-23H2,(H,35,37)(H,36,38). The van der Waals surface area contributed by atoms with Crippen LogP contribution in [0.2, 0.25) is 0 Å². The molecule has 4 rings (SSSR count). The number of carbonyl (C=O) groups excluding carboxylic acids is 2. The molecule has 4 aromatic carbocycles. The molecule has 0 spiro atoms. The van der Waals surface area contributed by atoms with E-state index in [-0.39, 0.29) is 18.2 Å². The second kappa shape index (κ2) is 13.9. The molecule has 6 nitrogen and oxygen atoms in total. The van der Waals surface area contributed by atoms with E-state index >= 15 is 0 Å². The first-order valence-electron chi connectivity index (χ1n) is 13.0. The first-order valence-corrected chi connectivity index (χ1v) is 13.0. The highest BCUT2D eigenvalue weighted by atomic mass is 16.2. The Morgan fingerprint density at radius 1 is 0.632 bits per heavy atom. The summed E-state index contributed by atoms with van der Waals surface area (Å²) in [5.74, 6) is 0.850. The van der Waals surface area contributed by atoms with E-state index < -0.39 is 5.92 Å². The second-order valence-corrected chi connectivity index (χ2v) is 9.26. The summed E-state index contributed by atoms with van der Waals surface area (Å²) in [4.78, 5) is 25.2. The Morgan fingerprint density at radius 3 is 1.53 bits per heavy atom. The molecule has 0 heterocycles. The SMILES string of the molecule is C#CCC(C(=O)NCCNCc1ccc2ccccc2c1)C(=O)NCCNCc1ccc2ccccc2c1. The van der Waals surface area contributed by atoms with E-state index in [0.717, 1.165) is 0 Å². The van der Waals surface area contributed by atoms with Crippen molar-refractivity contribution in [2.45, 2.75) is 19.5 Å². The molecule has 0 aliphatic carbocycles. The molecule has 4 N–H and O–H groups in total. The molecular weight excluding hydrogens is 472 g/mol. The first kappa shape index (κ1) is 26.9. The molecule has 0 fully saturated rings. The van der Waals surface area contributed by atoms with Crippen molar-refractivity contribution in [3.63, 3.8) is 0 Å². The van der Waals surface area contributed by atoms with Gasteiger partial charge < -0.3 is 21.3 Å². The fourth-order valence-corrected chi connectivity index (χ4v) is 4.38. The van der Waals surface area contributed by atoms with Crippen LogP contribution in [0.15, 0.2) is 84.9 Å². The fourth-order valence-electron chi connectivity index (χ4n) is 4.38. The Labute approximate surface area is 224 Å². The van der Waals surface area contributed by atoms with Crippen LogP contribution < -0.4 is 21.3 Å². The number of carbonyl (C=O) groups is 2. The highest BCUT2D eigenvalue weighted by molar-refractivity contribution is 6.00. The van der Waals surface area contributed by atoms with Gasteiger partial charge in [-0.25, -0.2) is 0 Å². The lowest BCUT2D eigenvalue weighted by atomic mass is 10.0. The van der Waals surface area contributed by atoms with Crippen LogP contribution in [0.3, 0.4) is 0 Å². The van der Waals surface area contributed by atoms with Gasteiger partial charge in [-0.15, -0.1) is 12.3 Å². The minimum absolute atomic E-state index is 0.0622. The summed E-state index contributed by atoms with van der Waals surface area (Å²) in [6.07, 6.45) is 5.49. The highest BCUT2D eigenvalue weighted by Gasteiger charge is 2.25. The topological polar surface area (TPSA) is 82.3 Å². The van der Waals surface area contributed by atoms with Crippen LogP contribution in [0.1, 0.15) is 17.5 Å². The molecule has 0 aliphatic rings. The summed E-state index contributed by atoms with van der Waals surface area (Å²) in [6.45, 7) is 3.38. The van der Waals surface area contributed by atoms with E-state index in [4.69, 9.17) is 6.42 Å². The average Bonchev–Trinajstić information content (AvgIpc) is 2.95. The third kappa shape index (κ3) is 7.66. The maximum atomic E-state index is 12.6. The Kier molecular flexibility index (Phi) is 9.86. The summed E-state index contributed by atoms with van der Waals surface area (Å²) in [5.41, 5.74) is 2.35. The van der Waals surface area contributed by atoms with Gasteiger partial charge in [0.25, 0.3) is 0 Å². The number of benzene rings is 4. The lowest BCUT2D eigenvalue weighted by molar-refractivity contribution is -0.135. The van der Waals surface area contributed by atoms with Crippen LogP contribution >= 0.6 is 0 Å². The van der Waals surface area contributed by atoms with Crippen LogP contribution in [0.25, 0.3) is 21.5 Å².